The van der Waals surface area contributed by atoms with Crippen molar-refractivity contribution in [3.63, 3.8) is 0 Å². The van der Waals surface area contributed by atoms with Crippen LogP contribution in [0.2, 0.25) is 0 Å². The number of oxime groups is 1. The molecule has 0 aromatic carbocycles. The molecule has 2 heterocycles. The average Bonchev–Trinajstić information content (AvgIpc) is 2.87. The molecule has 234 valence electrons. The van der Waals surface area contributed by atoms with E-state index in [0.29, 0.717) is 0 Å². The lowest BCUT2D eigenvalue weighted by Gasteiger charge is -2.42. The minimum absolute atomic E-state index is 0.130. The summed E-state index contributed by atoms with van der Waals surface area (Å²) in [5.41, 5.74) is 0. The molecule has 0 bridgehead atoms. The normalized spacial score (nSPS) is 28.7. The van der Waals surface area contributed by atoms with Gasteiger partial charge >= 0.3 is 35.8 Å². The molecule has 0 N–H and O–H groups in total. The Bertz CT molecular complexity index is 1060. The van der Waals surface area contributed by atoms with E-state index in [1.54, 1.807) is 12.2 Å². The molecule has 8 atom stereocenters. The monoisotopic (exact) mass is 601 g/mol. The Hall–Kier alpha value is -4.05. The first-order valence-electron chi connectivity index (χ1n) is 12.9. The maximum atomic E-state index is 11.9. The lowest BCUT2D eigenvalue weighted by atomic mass is 9.98. The second kappa shape index (κ2) is 16.4. The van der Waals surface area contributed by atoms with Crippen LogP contribution in [0.4, 0.5) is 0 Å². The maximum Gasteiger partial charge on any atom is 0.303 e. The van der Waals surface area contributed by atoms with Crippen LogP contribution in [0.3, 0.4) is 0 Å². The lowest BCUT2D eigenvalue weighted by Crippen LogP contribution is -2.62. The van der Waals surface area contributed by atoms with Gasteiger partial charge in [-0.05, 0) is 6.08 Å². The summed E-state index contributed by atoms with van der Waals surface area (Å²) in [6.07, 6.45) is -4.35. The van der Waals surface area contributed by atoms with Crippen LogP contribution in [0.5, 0.6) is 0 Å². The van der Waals surface area contributed by atoms with Crippen molar-refractivity contribution in [2.24, 2.45) is 5.16 Å². The van der Waals surface area contributed by atoms with Crippen molar-refractivity contribution in [3.8, 4) is 0 Å². The van der Waals surface area contributed by atoms with Crippen molar-refractivity contribution in [2.75, 3.05) is 13.2 Å². The Kier molecular flexibility index (Phi) is 13.3. The molecular weight excluding hydrogens is 566 g/mol. The van der Waals surface area contributed by atoms with Crippen molar-refractivity contribution in [1.82, 2.24) is 0 Å². The summed E-state index contributed by atoms with van der Waals surface area (Å²) in [5, 5.41) is 3.86. The Labute approximate surface area is 241 Å². The van der Waals surface area contributed by atoms with Crippen molar-refractivity contribution in [1.29, 1.82) is 0 Å². The highest BCUT2D eigenvalue weighted by atomic mass is 16.8. The van der Waals surface area contributed by atoms with Gasteiger partial charge in [0.2, 0.25) is 6.10 Å². The molecule has 42 heavy (non-hydrogen) atoms. The number of nitrogens with zero attached hydrogens (tertiary/aromatic N) is 1. The molecule has 2 aliphatic heterocycles. The van der Waals surface area contributed by atoms with Crippen molar-refractivity contribution < 1.29 is 71.5 Å². The molecule has 0 spiro atoms. The van der Waals surface area contributed by atoms with Gasteiger partial charge < -0.3 is 42.7 Å². The Morgan fingerprint density at radius 2 is 1.17 bits per heavy atom. The molecule has 0 saturated carbocycles. The SMILES string of the molecule is CC(=O)OC[C@H]1O[C@@H](ON=CC[C@@H]2C=C[C@@H](OC(C)=O)[C@@H](COC(C)=O)O2)[C@@H](OC(C)=O)[C@@H](OC(C)=O)[C@@H]1OC(C)=O. The van der Waals surface area contributed by atoms with E-state index in [9.17, 15) is 28.8 Å². The van der Waals surface area contributed by atoms with E-state index in [4.69, 9.17) is 42.7 Å². The third-order valence-electron chi connectivity index (χ3n) is 5.51. The first-order chi connectivity index (χ1) is 19.8. The average molecular weight is 602 g/mol. The third kappa shape index (κ3) is 11.4. The number of ether oxygens (including phenoxy) is 8. The zero-order valence-corrected chi connectivity index (χ0v) is 24.0. The summed E-state index contributed by atoms with van der Waals surface area (Å²) in [5.74, 6) is -4.09. The number of carbonyl (C=O) groups excluding carboxylic acids is 6. The highest BCUT2D eigenvalue weighted by molar-refractivity contribution is 5.69. The van der Waals surface area contributed by atoms with Crippen LogP contribution in [0.25, 0.3) is 0 Å². The van der Waals surface area contributed by atoms with Gasteiger partial charge in [-0.2, -0.15) is 0 Å². The van der Waals surface area contributed by atoms with Gasteiger partial charge in [0.25, 0.3) is 6.29 Å². The molecule has 0 aliphatic carbocycles. The second-order valence-corrected chi connectivity index (χ2v) is 9.17. The highest BCUT2D eigenvalue weighted by Gasteiger charge is 2.53. The van der Waals surface area contributed by atoms with Crippen molar-refractivity contribution in [2.45, 2.75) is 97.0 Å². The summed E-state index contributed by atoms with van der Waals surface area (Å²) in [4.78, 5) is 75.1. The largest absolute Gasteiger partial charge is 0.463 e. The number of rotatable bonds is 12. The summed E-state index contributed by atoms with van der Waals surface area (Å²) in [7, 11) is 0. The number of esters is 6. The summed E-state index contributed by atoms with van der Waals surface area (Å²) in [6.45, 7) is 6.34. The predicted octanol–water partition coefficient (Wildman–Crippen LogP) is 0.280. The third-order valence-corrected chi connectivity index (χ3v) is 5.51. The second-order valence-electron chi connectivity index (χ2n) is 9.17. The first-order valence-corrected chi connectivity index (χ1v) is 12.9. The Morgan fingerprint density at radius 3 is 1.71 bits per heavy atom. The summed E-state index contributed by atoms with van der Waals surface area (Å²) in [6, 6.07) is 0. The fourth-order valence-electron chi connectivity index (χ4n) is 4.00. The van der Waals surface area contributed by atoms with Gasteiger partial charge in [-0.3, -0.25) is 28.8 Å². The molecule has 2 aliphatic rings. The van der Waals surface area contributed by atoms with E-state index in [-0.39, 0.29) is 13.0 Å². The van der Waals surface area contributed by atoms with Gasteiger partial charge in [0.1, 0.15) is 31.5 Å². The predicted molar refractivity (Wildman–Crippen MR) is 136 cm³/mol. The van der Waals surface area contributed by atoms with E-state index in [0.717, 1.165) is 27.7 Å². The fourth-order valence-corrected chi connectivity index (χ4v) is 4.00. The van der Waals surface area contributed by atoms with Gasteiger partial charge in [-0.15, -0.1) is 0 Å². The van der Waals surface area contributed by atoms with Crippen LogP contribution in [0.1, 0.15) is 48.0 Å². The minimum Gasteiger partial charge on any atom is -0.463 e. The van der Waals surface area contributed by atoms with E-state index in [2.05, 4.69) is 5.16 Å². The lowest BCUT2D eigenvalue weighted by molar-refractivity contribution is -0.308. The van der Waals surface area contributed by atoms with E-state index >= 15 is 0 Å². The number of hydrogen-bond acceptors (Lipinski definition) is 16. The molecule has 0 amide bonds. The smallest absolute Gasteiger partial charge is 0.303 e. The molecule has 2 rings (SSSR count). The van der Waals surface area contributed by atoms with Gasteiger partial charge in [0, 0.05) is 54.2 Å². The van der Waals surface area contributed by atoms with Crippen LogP contribution < -0.4 is 0 Å². The van der Waals surface area contributed by atoms with Crippen LogP contribution in [-0.4, -0.2) is 104 Å². The number of carbonyl (C=O) groups is 6. The number of hydrogen-bond donors (Lipinski definition) is 0. The molecule has 0 aromatic rings. The van der Waals surface area contributed by atoms with Crippen LogP contribution in [-0.2, 0) is 71.5 Å². The Morgan fingerprint density at radius 1 is 0.643 bits per heavy atom. The van der Waals surface area contributed by atoms with E-state index < -0.39 is 91.4 Å². The van der Waals surface area contributed by atoms with Gasteiger partial charge in [-0.1, -0.05) is 11.2 Å². The van der Waals surface area contributed by atoms with Crippen molar-refractivity contribution in [3.05, 3.63) is 12.2 Å². The molecular formula is C26H35NO15. The first kappa shape index (κ1) is 34.2. The maximum absolute atomic E-state index is 11.9. The highest BCUT2D eigenvalue weighted by Crippen LogP contribution is 2.30. The molecule has 1 saturated heterocycles. The van der Waals surface area contributed by atoms with E-state index in [1.165, 1.54) is 20.1 Å². The van der Waals surface area contributed by atoms with Crippen LogP contribution in [0, 0.1) is 0 Å². The minimum atomic E-state index is -1.49. The molecule has 1 fully saturated rings. The topological polar surface area (TPSA) is 198 Å². The van der Waals surface area contributed by atoms with Gasteiger partial charge in [-0.25, -0.2) is 0 Å². The molecule has 0 radical (unpaired) electrons. The standard InChI is InChI=1S/C26H35NO15/c1-13(28)34-11-21-20(36-15(3)30)8-7-19(40-21)9-10-27-42-26-25(39-18(6)33)24(38-17(5)32)23(37-16(4)31)22(41-26)12-35-14(2)29/h7-8,10,19-26H,9,11-12H2,1-6H3/t19-,20+,21+,22+,23+,24-,25-,26-/m0/s1. The van der Waals surface area contributed by atoms with Crippen LogP contribution >= 0.6 is 0 Å². The summed E-state index contributed by atoms with van der Waals surface area (Å²) < 4.78 is 42.8. The Balaban J connectivity index is 2.21. The molecule has 0 aromatic heterocycles. The molecule has 0 unspecified atom stereocenters. The van der Waals surface area contributed by atoms with Gasteiger partial charge in [0.05, 0.1) is 6.10 Å². The molecule has 16 heteroatoms. The van der Waals surface area contributed by atoms with E-state index in [1.807, 2.05) is 0 Å². The molecule has 16 nitrogen and oxygen atoms in total. The van der Waals surface area contributed by atoms with Crippen LogP contribution in [0.15, 0.2) is 17.3 Å². The zero-order chi connectivity index (χ0) is 31.4. The quantitative estimate of drug-likeness (QED) is 0.0971. The fraction of sp³-hybridized carbons (Fsp3) is 0.654. The zero-order valence-electron chi connectivity index (χ0n) is 24.0. The van der Waals surface area contributed by atoms with Gasteiger partial charge in [0.15, 0.2) is 12.2 Å². The van der Waals surface area contributed by atoms with Crippen molar-refractivity contribution >= 4 is 42.0 Å². The summed E-state index contributed by atoms with van der Waals surface area (Å²) >= 11 is 0.